The molecule has 0 radical (unpaired) electrons. The predicted molar refractivity (Wildman–Crippen MR) is 76.3 cm³/mol. The molecule has 0 saturated heterocycles. The molecule has 1 N–H and O–H groups in total. The van der Waals surface area contributed by atoms with E-state index < -0.39 is 5.97 Å². The number of hydrogen-bond acceptors (Lipinski definition) is 5. The van der Waals surface area contributed by atoms with Crippen LogP contribution in [0.4, 0.5) is 0 Å². The lowest BCUT2D eigenvalue weighted by Crippen LogP contribution is -2.17. The highest BCUT2D eigenvalue weighted by molar-refractivity contribution is 9.11. The third kappa shape index (κ3) is 3.61. The molecule has 0 bridgehead atoms. The van der Waals surface area contributed by atoms with Crippen molar-refractivity contribution in [3.05, 3.63) is 36.9 Å². The van der Waals surface area contributed by atoms with E-state index in [0.717, 1.165) is 16.0 Å². The number of halogens is 1. The summed E-state index contributed by atoms with van der Waals surface area (Å²) in [5.41, 5.74) is 2.04. The molecule has 7 heteroatoms. The molecule has 0 aliphatic rings. The summed E-state index contributed by atoms with van der Waals surface area (Å²) < 4.78 is 1.12. The maximum absolute atomic E-state index is 10.7. The first-order valence-corrected chi connectivity index (χ1v) is 7.69. The quantitative estimate of drug-likeness (QED) is 0.902. The van der Waals surface area contributed by atoms with Crippen molar-refractivity contribution in [3.63, 3.8) is 0 Å². The molecule has 0 amide bonds. The number of thiophene rings is 1. The zero-order valence-electron chi connectivity index (χ0n) is 9.59. The molecule has 0 saturated carbocycles. The number of thiazole rings is 1. The number of carbonyl (C=O) groups is 1. The van der Waals surface area contributed by atoms with Crippen LogP contribution in [0.25, 0.3) is 0 Å². The van der Waals surface area contributed by atoms with Crippen LogP contribution >= 0.6 is 38.6 Å². The van der Waals surface area contributed by atoms with Crippen LogP contribution in [0.1, 0.15) is 21.1 Å². The highest BCUT2D eigenvalue weighted by atomic mass is 79.9. The zero-order valence-corrected chi connectivity index (χ0v) is 12.8. The van der Waals surface area contributed by atoms with E-state index in [1.165, 1.54) is 16.9 Å². The minimum Gasteiger partial charge on any atom is -0.476 e. The van der Waals surface area contributed by atoms with Crippen LogP contribution < -0.4 is 0 Å². The molecule has 0 spiro atoms. The number of carboxylic acid groups (broad SMARTS) is 1. The van der Waals surface area contributed by atoms with Crippen LogP contribution in [0.2, 0.25) is 0 Å². The SMILES string of the molecule is CN(Cc1csc(Br)c1)Cc1csc(C(=O)O)n1. The summed E-state index contributed by atoms with van der Waals surface area (Å²) in [5.74, 6) is -0.962. The normalized spacial score (nSPS) is 11.1. The summed E-state index contributed by atoms with van der Waals surface area (Å²) in [4.78, 5) is 16.9. The van der Waals surface area contributed by atoms with Crippen molar-refractivity contribution in [2.45, 2.75) is 13.1 Å². The Morgan fingerprint density at radius 1 is 1.44 bits per heavy atom. The fourth-order valence-corrected chi connectivity index (χ4v) is 3.40. The van der Waals surface area contributed by atoms with Crippen LogP contribution in [-0.2, 0) is 13.1 Å². The standard InChI is InChI=1S/C11H11BrN2O2S2/c1-14(3-7-2-9(12)17-5-7)4-8-6-18-10(13-8)11(15)16/h2,5-6H,3-4H2,1H3,(H,15,16). The third-order valence-electron chi connectivity index (χ3n) is 2.24. The lowest BCUT2D eigenvalue weighted by molar-refractivity contribution is 0.0696. The van der Waals surface area contributed by atoms with Gasteiger partial charge in [0.25, 0.3) is 0 Å². The van der Waals surface area contributed by atoms with Gasteiger partial charge >= 0.3 is 5.97 Å². The van der Waals surface area contributed by atoms with Gasteiger partial charge in [-0.25, -0.2) is 9.78 Å². The monoisotopic (exact) mass is 346 g/mol. The Bertz CT molecular complexity index is 553. The minimum atomic E-state index is -0.962. The molecular formula is C11H11BrN2O2S2. The molecule has 0 fully saturated rings. The van der Waals surface area contributed by atoms with Crippen LogP contribution in [0.3, 0.4) is 0 Å². The van der Waals surface area contributed by atoms with Gasteiger partial charge in [0.05, 0.1) is 9.48 Å². The molecule has 0 aliphatic carbocycles. The van der Waals surface area contributed by atoms with Crippen molar-refractivity contribution in [1.29, 1.82) is 0 Å². The summed E-state index contributed by atoms with van der Waals surface area (Å²) in [5, 5.41) is 12.8. The van der Waals surface area contributed by atoms with Gasteiger partial charge in [0, 0.05) is 18.5 Å². The van der Waals surface area contributed by atoms with Gasteiger partial charge in [0.2, 0.25) is 5.01 Å². The van der Waals surface area contributed by atoms with Gasteiger partial charge in [-0.1, -0.05) is 0 Å². The van der Waals surface area contributed by atoms with E-state index in [2.05, 4.69) is 37.3 Å². The van der Waals surface area contributed by atoms with Gasteiger partial charge in [0.1, 0.15) is 0 Å². The topological polar surface area (TPSA) is 53.4 Å². The molecule has 2 heterocycles. The van der Waals surface area contributed by atoms with Crippen molar-refractivity contribution in [2.75, 3.05) is 7.05 Å². The second kappa shape index (κ2) is 5.92. The molecule has 2 aromatic heterocycles. The number of aromatic nitrogens is 1. The predicted octanol–water partition coefficient (Wildman–Crippen LogP) is 3.30. The van der Waals surface area contributed by atoms with Gasteiger partial charge in [0.15, 0.2) is 0 Å². The van der Waals surface area contributed by atoms with E-state index in [0.29, 0.717) is 6.54 Å². The van der Waals surface area contributed by atoms with Gasteiger partial charge in [-0.3, -0.25) is 4.90 Å². The first-order valence-electron chi connectivity index (χ1n) is 5.14. The highest BCUT2D eigenvalue weighted by Gasteiger charge is 2.10. The summed E-state index contributed by atoms with van der Waals surface area (Å²) in [7, 11) is 1.99. The average molecular weight is 347 g/mol. The van der Waals surface area contributed by atoms with Gasteiger partial charge in [-0.15, -0.1) is 22.7 Å². The van der Waals surface area contributed by atoms with Crippen LogP contribution in [0.15, 0.2) is 20.6 Å². The van der Waals surface area contributed by atoms with Crippen LogP contribution in [0, 0.1) is 0 Å². The van der Waals surface area contributed by atoms with E-state index in [4.69, 9.17) is 5.11 Å². The van der Waals surface area contributed by atoms with Crippen LogP contribution in [0.5, 0.6) is 0 Å². The number of aromatic carboxylic acids is 1. The zero-order chi connectivity index (χ0) is 13.1. The van der Waals surface area contributed by atoms with E-state index in [1.807, 2.05) is 7.05 Å². The molecule has 96 valence electrons. The smallest absolute Gasteiger partial charge is 0.365 e. The molecule has 18 heavy (non-hydrogen) atoms. The van der Waals surface area contributed by atoms with Crippen molar-refractivity contribution in [2.24, 2.45) is 0 Å². The second-order valence-corrected chi connectivity index (χ2v) is 7.03. The van der Waals surface area contributed by atoms with E-state index >= 15 is 0 Å². The Kier molecular flexibility index (Phi) is 4.50. The summed E-state index contributed by atoms with van der Waals surface area (Å²) in [6.07, 6.45) is 0. The fourth-order valence-electron chi connectivity index (χ4n) is 1.55. The van der Waals surface area contributed by atoms with Gasteiger partial charge in [-0.05, 0) is 40.0 Å². The number of carboxylic acids is 1. The average Bonchev–Trinajstić information content (AvgIpc) is 2.88. The molecule has 2 aromatic rings. The fraction of sp³-hybridized carbons (Fsp3) is 0.273. The van der Waals surface area contributed by atoms with E-state index in [-0.39, 0.29) is 5.01 Å². The van der Waals surface area contributed by atoms with Crippen molar-refractivity contribution >= 4 is 44.6 Å². The molecule has 0 unspecified atom stereocenters. The molecule has 0 aliphatic heterocycles. The van der Waals surface area contributed by atoms with Gasteiger partial charge < -0.3 is 5.11 Å². The van der Waals surface area contributed by atoms with Crippen molar-refractivity contribution < 1.29 is 9.90 Å². The van der Waals surface area contributed by atoms with Crippen molar-refractivity contribution in [3.8, 4) is 0 Å². The molecular weight excluding hydrogens is 336 g/mol. The Balaban J connectivity index is 1.94. The second-order valence-electron chi connectivity index (χ2n) is 3.88. The highest BCUT2D eigenvalue weighted by Crippen LogP contribution is 2.22. The largest absolute Gasteiger partial charge is 0.476 e. The Hall–Kier alpha value is -0.760. The number of rotatable bonds is 5. The number of nitrogens with zero attached hydrogens (tertiary/aromatic N) is 2. The molecule has 0 aromatic carbocycles. The molecule has 2 rings (SSSR count). The van der Waals surface area contributed by atoms with Gasteiger partial charge in [-0.2, -0.15) is 0 Å². The maximum Gasteiger partial charge on any atom is 0.365 e. The first kappa shape index (κ1) is 13.7. The third-order valence-corrected chi connectivity index (χ3v) is 4.67. The summed E-state index contributed by atoms with van der Waals surface area (Å²) in [6.45, 7) is 1.47. The minimum absolute atomic E-state index is 0.150. The lowest BCUT2D eigenvalue weighted by atomic mass is 10.3. The van der Waals surface area contributed by atoms with E-state index in [9.17, 15) is 4.79 Å². The molecule has 4 nitrogen and oxygen atoms in total. The first-order chi connectivity index (χ1) is 8.54. The lowest BCUT2D eigenvalue weighted by Gasteiger charge is -2.13. The van der Waals surface area contributed by atoms with Crippen molar-refractivity contribution in [1.82, 2.24) is 9.88 Å². The summed E-state index contributed by atoms with van der Waals surface area (Å²) in [6, 6.07) is 2.09. The summed E-state index contributed by atoms with van der Waals surface area (Å²) >= 11 is 6.26. The van der Waals surface area contributed by atoms with Crippen LogP contribution in [-0.4, -0.2) is 28.0 Å². The Morgan fingerprint density at radius 3 is 2.78 bits per heavy atom. The number of hydrogen-bond donors (Lipinski definition) is 1. The molecule has 0 atom stereocenters. The maximum atomic E-state index is 10.7. The van der Waals surface area contributed by atoms with E-state index in [1.54, 1.807) is 16.7 Å². The Morgan fingerprint density at radius 2 is 2.22 bits per heavy atom. The Labute approximate surface area is 121 Å².